The summed E-state index contributed by atoms with van der Waals surface area (Å²) in [4.78, 5) is 3.93. The van der Waals surface area contributed by atoms with Gasteiger partial charge in [0.15, 0.2) is 14.9 Å². The Hall–Kier alpha value is -1.40. The first-order valence-corrected chi connectivity index (χ1v) is 8.70. The molecule has 2 rings (SSSR count). The van der Waals surface area contributed by atoms with Gasteiger partial charge in [0.05, 0.1) is 11.9 Å². The predicted molar refractivity (Wildman–Crippen MR) is 83.6 cm³/mol. The zero-order valence-corrected chi connectivity index (χ0v) is 13.6. The molecule has 0 unspecified atom stereocenters. The quantitative estimate of drug-likeness (QED) is 0.915. The number of anilines is 1. The van der Waals surface area contributed by atoms with Crippen LogP contribution in [0.15, 0.2) is 46.0 Å². The summed E-state index contributed by atoms with van der Waals surface area (Å²) in [6.07, 6.45) is 2.67. The summed E-state index contributed by atoms with van der Waals surface area (Å²) in [6, 6.07) is 9.37. The van der Waals surface area contributed by atoms with Crippen molar-refractivity contribution in [3.63, 3.8) is 0 Å². The van der Waals surface area contributed by atoms with Gasteiger partial charge in [0.25, 0.3) is 0 Å². The number of benzene rings is 1. The summed E-state index contributed by atoms with van der Waals surface area (Å²) in [6.45, 7) is 2.69. The molecule has 0 aliphatic carbocycles. The van der Waals surface area contributed by atoms with Crippen LogP contribution in [0.2, 0.25) is 0 Å². The lowest BCUT2D eigenvalue weighted by Crippen LogP contribution is -2.03. The molecule has 106 valence electrons. The second kappa shape index (κ2) is 5.93. The Labute approximate surface area is 127 Å². The van der Waals surface area contributed by atoms with Crippen molar-refractivity contribution in [3.8, 4) is 0 Å². The summed E-state index contributed by atoms with van der Waals surface area (Å²) in [5, 5.41) is 3.29. The molecule has 1 N–H and O–H groups in total. The van der Waals surface area contributed by atoms with Crippen LogP contribution in [0.4, 0.5) is 5.69 Å². The van der Waals surface area contributed by atoms with E-state index in [4.69, 9.17) is 0 Å². The Morgan fingerprint density at radius 3 is 2.55 bits per heavy atom. The van der Waals surface area contributed by atoms with Gasteiger partial charge in [-0.2, -0.15) is 0 Å². The molecule has 0 atom stereocenters. The first-order valence-electron chi connectivity index (χ1n) is 6.01. The molecule has 0 aliphatic heterocycles. The fraction of sp³-hybridized carbons (Fsp3) is 0.214. The normalized spacial score (nSPS) is 11.3. The standard InChI is InChI=1S/C14H15BrN2O2S/c1-10-3-4-11(7-13(10)15)8-16-12-5-6-14(17-9-12)20(2,18)19/h3-7,9,16H,8H2,1-2H3. The van der Waals surface area contributed by atoms with E-state index in [-0.39, 0.29) is 5.03 Å². The maximum Gasteiger partial charge on any atom is 0.192 e. The summed E-state index contributed by atoms with van der Waals surface area (Å²) in [5.41, 5.74) is 3.11. The topological polar surface area (TPSA) is 59.1 Å². The lowest BCUT2D eigenvalue weighted by atomic mass is 10.1. The van der Waals surface area contributed by atoms with Crippen LogP contribution in [-0.4, -0.2) is 19.7 Å². The van der Waals surface area contributed by atoms with E-state index in [2.05, 4.69) is 32.3 Å². The van der Waals surface area contributed by atoms with Crippen LogP contribution in [0.3, 0.4) is 0 Å². The highest BCUT2D eigenvalue weighted by atomic mass is 79.9. The van der Waals surface area contributed by atoms with E-state index in [0.717, 1.165) is 22.0 Å². The van der Waals surface area contributed by atoms with Crippen LogP contribution in [-0.2, 0) is 16.4 Å². The van der Waals surface area contributed by atoms with Gasteiger partial charge in [-0.1, -0.05) is 28.1 Å². The minimum atomic E-state index is -3.24. The summed E-state index contributed by atoms with van der Waals surface area (Å²) in [5.74, 6) is 0. The summed E-state index contributed by atoms with van der Waals surface area (Å²) >= 11 is 3.50. The van der Waals surface area contributed by atoms with Crippen LogP contribution < -0.4 is 5.32 Å². The molecule has 2 aromatic rings. The molecular formula is C14H15BrN2O2S. The van der Waals surface area contributed by atoms with Crippen LogP contribution >= 0.6 is 15.9 Å². The number of aryl methyl sites for hydroxylation is 1. The average molecular weight is 355 g/mol. The van der Waals surface area contributed by atoms with Gasteiger partial charge in [0.2, 0.25) is 0 Å². The van der Waals surface area contributed by atoms with Crippen molar-refractivity contribution in [1.82, 2.24) is 4.98 Å². The third-order valence-corrected chi connectivity index (χ3v) is 4.70. The lowest BCUT2D eigenvalue weighted by Gasteiger charge is -2.08. The Morgan fingerprint density at radius 1 is 1.25 bits per heavy atom. The Bertz CT molecular complexity index is 712. The van der Waals surface area contributed by atoms with Crippen molar-refractivity contribution in [1.29, 1.82) is 0 Å². The van der Waals surface area contributed by atoms with Gasteiger partial charge in [-0.3, -0.25) is 0 Å². The number of rotatable bonds is 4. The molecule has 1 aromatic carbocycles. The fourth-order valence-electron chi connectivity index (χ4n) is 1.65. The molecule has 0 spiro atoms. The molecule has 4 nitrogen and oxygen atoms in total. The maximum absolute atomic E-state index is 11.3. The van der Waals surface area contributed by atoms with E-state index in [9.17, 15) is 8.42 Å². The van der Waals surface area contributed by atoms with Gasteiger partial charge in [-0.05, 0) is 36.2 Å². The van der Waals surface area contributed by atoms with Gasteiger partial charge < -0.3 is 5.32 Å². The van der Waals surface area contributed by atoms with Gasteiger partial charge in [0, 0.05) is 17.3 Å². The minimum absolute atomic E-state index is 0.0844. The maximum atomic E-state index is 11.3. The van der Waals surface area contributed by atoms with Crippen LogP contribution in [0, 0.1) is 6.92 Å². The third-order valence-electron chi connectivity index (χ3n) is 2.85. The number of nitrogens with one attached hydrogen (secondary N) is 1. The van der Waals surface area contributed by atoms with Crippen molar-refractivity contribution in [2.45, 2.75) is 18.5 Å². The predicted octanol–water partition coefficient (Wildman–Crippen LogP) is 3.17. The number of hydrogen-bond acceptors (Lipinski definition) is 4. The molecule has 0 aliphatic rings. The number of aromatic nitrogens is 1. The molecular weight excluding hydrogens is 340 g/mol. The van der Waals surface area contributed by atoms with E-state index >= 15 is 0 Å². The summed E-state index contributed by atoms with van der Waals surface area (Å²) < 4.78 is 23.7. The van der Waals surface area contributed by atoms with Gasteiger partial charge >= 0.3 is 0 Å². The zero-order chi connectivity index (χ0) is 14.8. The van der Waals surface area contributed by atoms with Crippen molar-refractivity contribution in [2.24, 2.45) is 0 Å². The molecule has 0 amide bonds. The molecule has 1 heterocycles. The number of halogens is 1. The molecule has 0 saturated carbocycles. The molecule has 1 aromatic heterocycles. The monoisotopic (exact) mass is 354 g/mol. The smallest absolute Gasteiger partial charge is 0.192 e. The van der Waals surface area contributed by atoms with Gasteiger partial charge in [0.1, 0.15) is 0 Å². The van der Waals surface area contributed by atoms with Gasteiger partial charge in [-0.15, -0.1) is 0 Å². The van der Waals surface area contributed by atoms with E-state index < -0.39 is 9.84 Å². The lowest BCUT2D eigenvalue weighted by molar-refractivity contribution is 0.598. The molecule has 20 heavy (non-hydrogen) atoms. The van der Waals surface area contributed by atoms with Crippen molar-refractivity contribution < 1.29 is 8.42 Å². The van der Waals surface area contributed by atoms with E-state index in [0.29, 0.717) is 6.54 Å². The molecule has 0 fully saturated rings. The Kier molecular flexibility index (Phi) is 4.45. The van der Waals surface area contributed by atoms with E-state index in [1.807, 2.05) is 19.1 Å². The molecule has 0 radical (unpaired) electrons. The number of pyridine rings is 1. The van der Waals surface area contributed by atoms with Crippen molar-refractivity contribution in [3.05, 3.63) is 52.1 Å². The van der Waals surface area contributed by atoms with Crippen LogP contribution in [0.1, 0.15) is 11.1 Å². The minimum Gasteiger partial charge on any atom is -0.380 e. The van der Waals surface area contributed by atoms with Crippen molar-refractivity contribution in [2.75, 3.05) is 11.6 Å². The van der Waals surface area contributed by atoms with E-state index in [1.54, 1.807) is 6.07 Å². The fourth-order valence-corrected chi connectivity index (χ4v) is 2.64. The second-order valence-corrected chi connectivity index (χ2v) is 7.41. The average Bonchev–Trinajstić information content (AvgIpc) is 2.40. The first-order chi connectivity index (χ1) is 9.36. The number of sulfone groups is 1. The van der Waals surface area contributed by atoms with Crippen LogP contribution in [0.25, 0.3) is 0 Å². The molecule has 6 heteroatoms. The summed E-state index contributed by atoms with van der Waals surface area (Å²) in [7, 11) is -3.24. The highest BCUT2D eigenvalue weighted by Crippen LogP contribution is 2.18. The Morgan fingerprint density at radius 2 is 2.00 bits per heavy atom. The van der Waals surface area contributed by atoms with E-state index in [1.165, 1.54) is 17.8 Å². The zero-order valence-electron chi connectivity index (χ0n) is 11.2. The Balaban J connectivity index is 2.06. The SMILES string of the molecule is Cc1ccc(CNc2ccc(S(C)(=O)=O)nc2)cc1Br. The van der Waals surface area contributed by atoms with Crippen molar-refractivity contribution >= 4 is 31.5 Å². The third kappa shape index (κ3) is 3.80. The largest absolute Gasteiger partial charge is 0.380 e. The van der Waals surface area contributed by atoms with Gasteiger partial charge in [-0.25, -0.2) is 13.4 Å². The second-order valence-electron chi connectivity index (χ2n) is 4.59. The number of hydrogen-bond donors (Lipinski definition) is 1. The highest BCUT2D eigenvalue weighted by molar-refractivity contribution is 9.10. The van der Waals surface area contributed by atoms with Crippen LogP contribution in [0.5, 0.6) is 0 Å². The highest BCUT2D eigenvalue weighted by Gasteiger charge is 2.07. The number of nitrogens with zero attached hydrogens (tertiary/aromatic N) is 1. The molecule has 0 saturated heterocycles. The first kappa shape index (κ1) is 15.0. The molecule has 0 bridgehead atoms.